The number of carbonyl (C=O) groups is 2. The molecule has 2 N–H and O–H groups in total. The van der Waals surface area contributed by atoms with Crippen LogP contribution in [0.2, 0.25) is 0 Å². The van der Waals surface area contributed by atoms with Gasteiger partial charge in [-0.2, -0.15) is 0 Å². The Morgan fingerprint density at radius 3 is 2.53 bits per heavy atom. The maximum atomic E-state index is 14.4. The molecule has 0 bridgehead atoms. The molecule has 0 radical (unpaired) electrons. The molecule has 1 saturated carbocycles. The highest BCUT2D eigenvalue weighted by Gasteiger charge is 2.31. The van der Waals surface area contributed by atoms with E-state index in [0.29, 0.717) is 43.2 Å². The van der Waals surface area contributed by atoms with Crippen molar-refractivity contribution >= 4 is 17.5 Å². The molecule has 2 aliphatic heterocycles. The molecule has 0 saturated heterocycles. The summed E-state index contributed by atoms with van der Waals surface area (Å²) in [5, 5.41) is 13.3. The van der Waals surface area contributed by atoms with E-state index in [1.807, 2.05) is 32.0 Å². The molecule has 4 atom stereocenters. The zero-order valence-corrected chi connectivity index (χ0v) is 28.5. The number of benzene rings is 2. The lowest BCUT2D eigenvalue weighted by molar-refractivity contribution is -0.120. The van der Waals surface area contributed by atoms with Gasteiger partial charge in [0.2, 0.25) is 12.7 Å². The number of anilines is 1. The van der Waals surface area contributed by atoms with Gasteiger partial charge < -0.3 is 34.3 Å². The molecule has 2 amide bonds. The SMILES string of the molecule is C[C@@H]1CN([C@@H](C)CO)C(=O)c2cc(NC(=O)C3CCCCC3)ccc2O[C@@H](C)CCCCO[C@H]1CN(C)Cc1ccc2c(c1)OCO2. The second-order valence-electron chi connectivity index (χ2n) is 13.7. The Bertz CT molecular complexity index is 1350. The summed E-state index contributed by atoms with van der Waals surface area (Å²) in [7, 11) is 2.07. The van der Waals surface area contributed by atoms with Crippen LogP contribution >= 0.6 is 0 Å². The number of aliphatic hydroxyl groups excluding tert-OH is 1. The lowest BCUT2D eigenvalue weighted by atomic mass is 9.88. The van der Waals surface area contributed by atoms with Crippen molar-refractivity contribution in [3.8, 4) is 17.2 Å². The molecule has 3 aliphatic rings. The van der Waals surface area contributed by atoms with Crippen molar-refractivity contribution < 1.29 is 33.6 Å². The summed E-state index contributed by atoms with van der Waals surface area (Å²) in [6, 6.07) is 11.0. The second kappa shape index (κ2) is 16.7. The van der Waals surface area contributed by atoms with Crippen LogP contribution in [0.25, 0.3) is 0 Å². The molecule has 1 fully saturated rings. The van der Waals surface area contributed by atoms with Crippen LogP contribution in [-0.2, 0) is 16.1 Å². The largest absolute Gasteiger partial charge is 0.490 e. The summed E-state index contributed by atoms with van der Waals surface area (Å²) in [5.74, 6) is 1.76. The van der Waals surface area contributed by atoms with Crippen molar-refractivity contribution in [1.82, 2.24) is 9.80 Å². The molecular weight excluding hydrogens is 598 g/mol. The average molecular weight is 652 g/mol. The molecule has 0 aromatic heterocycles. The molecule has 2 heterocycles. The maximum absolute atomic E-state index is 14.4. The summed E-state index contributed by atoms with van der Waals surface area (Å²) in [6.07, 6.45) is 7.49. The first-order valence-corrected chi connectivity index (χ1v) is 17.4. The molecule has 0 unspecified atom stereocenters. The summed E-state index contributed by atoms with van der Waals surface area (Å²) in [5.41, 5.74) is 2.09. The molecule has 0 spiro atoms. The van der Waals surface area contributed by atoms with Crippen LogP contribution < -0.4 is 19.5 Å². The van der Waals surface area contributed by atoms with Gasteiger partial charge in [-0.25, -0.2) is 0 Å². The molecule has 5 rings (SSSR count). The second-order valence-corrected chi connectivity index (χ2v) is 13.7. The molecule has 2 aromatic carbocycles. The van der Waals surface area contributed by atoms with Crippen LogP contribution in [0.5, 0.6) is 17.2 Å². The summed E-state index contributed by atoms with van der Waals surface area (Å²) in [6.45, 7) is 8.41. The van der Waals surface area contributed by atoms with Gasteiger partial charge in [0.05, 0.1) is 30.4 Å². The minimum Gasteiger partial charge on any atom is -0.490 e. The zero-order valence-electron chi connectivity index (χ0n) is 28.5. The molecule has 2 aromatic rings. The Kier molecular flexibility index (Phi) is 12.4. The molecular formula is C37H53N3O7. The van der Waals surface area contributed by atoms with E-state index >= 15 is 0 Å². The lowest BCUT2D eigenvalue weighted by Crippen LogP contribution is -2.47. The Balaban J connectivity index is 1.36. The number of likely N-dealkylation sites (N-methyl/N-ethyl adjacent to an activating group) is 1. The highest BCUT2D eigenvalue weighted by atomic mass is 16.7. The van der Waals surface area contributed by atoms with Gasteiger partial charge in [0.1, 0.15) is 5.75 Å². The van der Waals surface area contributed by atoms with Crippen LogP contribution in [0.4, 0.5) is 5.69 Å². The van der Waals surface area contributed by atoms with Gasteiger partial charge >= 0.3 is 0 Å². The zero-order chi connectivity index (χ0) is 33.3. The van der Waals surface area contributed by atoms with E-state index in [1.54, 1.807) is 17.0 Å². The fourth-order valence-electron chi connectivity index (χ4n) is 6.79. The van der Waals surface area contributed by atoms with Gasteiger partial charge in [0.15, 0.2) is 11.5 Å². The van der Waals surface area contributed by atoms with Gasteiger partial charge in [0, 0.05) is 43.8 Å². The lowest BCUT2D eigenvalue weighted by Gasteiger charge is -2.36. The predicted octanol–water partition coefficient (Wildman–Crippen LogP) is 5.86. The van der Waals surface area contributed by atoms with E-state index in [4.69, 9.17) is 18.9 Å². The van der Waals surface area contributed by atoms with Crippen LogP contribution in [-0.4, -0.2) is 85.1 Å². The van der Waals surface area contributed by atoms with Crippen LogP contribution in [0.3, 0.4) is 0 Å². The van der Waals surface area contributed by atoms with E-state index in [1.165, 1.54) is 6.42 Å². The van der Waals surface area contributed by atoms with Gasteiger partial charge in [-0.1, -0.05) is 32.3 Å². The Hall–Kier alpha value is -3.34. The summed E-state index contributed by atoms with van der Waals surface area (Å²) >= 11 is 0. The van der Waals surface area contributed by atoms with Crippen molar-refractivity contribution in [3.63, 3.8) is 0 Å². The molecule has 10 heteroatoms. The van der Waals surface area contributed by atoms with Crippen molar-refractivity contribution in [2.75, 3.05) is 45.5 Å². The Morgan fingerprint density at radius 1 is 1.00 bits per heavy atom. The number of rotatable bonds is 8. The third-order valence-corrected chi connectivity index (χ3v) is 9.68. The quantitative estimate of drug-likeness (QED) is 0.365. The van der Waals surface area contributed by atoms with E-state index < -0.39 is 6.04 Å². The third kappa shape index (κ3) is 9.39. The maximum Gasteiger partial charge on any atom is 0.258 e. The fourth-order valence-corrected chi connectivity index (χ4v) is 6.79. The number of hydrogen-bond acceptors (Lipinski definition) is 8. The number of carbonyl (C=O) groups excluding carboxylic acids is 2. The van der Waals surface area contributed by atoms with Gasteiger partial charge in [-0.3, -0.25) is 14.5 Å². The number of fused-ring (bicyclic) bond motifs is 2. The van der Waals surface area contributed by atoms with Gasteiger partial charge in [0.25, 0.3) is 5.91 Å². The monoisotopic (exact) mass is 651 g/mol. The molecule has 258 valence electrons. The first-order chi connectivity index (χ1) is 22.7. The van der Waals surface area contributed by atoms with Crippen molar-refractivity contribution in [2.24, 2.45) is 11.8 Å². The summed E-state index contributed by atoms with van der Waals surface area (Å²) in [4.78, 5) is 31.5. The molecule has 47 heavy (non-hydrogen) atoms. The topological polar surface area (TPSA) is 110 Å². The standard InChI is InChI=1S/C37H53N3O7/c1-25-20-40(26(2)23-41)37(43)31-19-30(38-36(42)29-11-6-5-7-12-29)14-16-32(31)47-27(3)10-8-9-17-44-35(25)22-39(4)21-28-13-15-33-34(18-28)46-24-45-33/h13-16,18-19,25-27,29,35,41H,5-12,17,20-24H2,1-4H3,(H,38,42)/t25-,26+,27+,35+/m1/s1. The van der Waals surface area contributed by atoms with E-state index in [0.717, 1.165) is 62.0 Å². The van der Waals surface area contributed by atoms with Crippen molar-refractivity contribution in [3.05, 3.63) is 47.5 Å². The van der Waals surface area contributed by atoms with Crippen molar-refractivity contribution in [2.45, 2.75) is 96.9 Å². The highest BCUT2D eigenvalue weighted by molar-refractivity contribution is 6.00. The predicted molar refractivity (Wildman–Crippen MR) is 181 cm³/mol. The van der Waals surface area contributed by atoms with E-state index in [9.17, 15) is 14.7 Å². The fraction of sp³-hybridized carbons (Fsp3) is 0.622. The van der Waals surface area contributed by atoms with Gasteiger partial charge in [-0.05, 0) is 88.9 Å². The number of nitrogens with one attached hydrogen (secondary N) is 1. The van der Waals surface area contributed by atoms with Crippen LogP contribution in [0.15, 0.2) is 36.4 Å². The number of hydrogen-bond donors (Lipinski definition) is 2. The van der Waals surface area contributed by atoms with E-state index in [2.05, 4.69) is 30.3 Å². The Labute approximate surface area is 279 Å². The number of amides is 2. The normalized spacial score (nSPS) is 23.5. The van der Waals surface area contributed by atoms with Crippen LogP contribution in [0.1, 0.15) is 88.1 Å². The first kappa shape index (κ1) is 35.0. The van der Waals surface area contributed by atoms with Crippen molar-refractivity contribution in [1.29, 1.82) is 0 Å². The molecule has 10 nitrogen and oxygen atoms in total. The smallest absolute Gasteiger partial charge is 0.258 e. The minimum absolute atomic E-state index is 0.00346. The number of nitrogens with zero attached hydrogens (tertiary/aromatic N) is 2. The van der Waals surface area contributed by atoms with E-state index in [-0.39, 0.29) is 49.3 Å². The molecule has 1 aliphatic carbocycles. The average Bonchev–Trinajstić information content (AvgIpc) is 3.54. The first-order valence-electron chi connectivity index (χ1n) is 17.4. The highest BCUT2D eigenvalue weighted by Crippen LogP contribution is 2.33. The Morgan fingerprint density at radius 2 is 1.74 bits per heavy atom. The van der Waals surface area contributed by atoms with Crippen LogP contribution in [0, 0.1) is 11.8 Å². The minimum atomic E-state index is -0.435. The number of ether oxygens (including phenoxy) is 4. The summed E-state index contributed by atoms with van der Waals surface area (Å²) < 4.78 is 23.9. The number of aliphatic hydroxyl groups is 1. The van der Waals surface area contributed by atoms with Gasteiger partial charge in [-0.15, -0.1) is 0 Å². The third-order valence-electron chi connectivity index (χ3n) is 9.68.